The summed E-state index contributed by atoms with van der Waals surface area (Å²) in [4.78, 5) is 20.1. The average molecular weight is 415 g/mol. The van der Waals surface area contributed by atoms with Gasteiger partial charge in [-0.2, -0.15) is 0 Å². The minimum atomic E-state index is 0.0696. The van der Waals surface area contributed by atoms with Crippen LogP contribution in [0.4, 0.5) is 5.13 Å². The number of nitrogens with zero attached hydrogens (tertiary/aromatic N) is 2. The van der Waals surface area contributed by atoms with Crippen LogP contribution < -0.4 is 4.90 Å². The van der Waals surface area contributed by atoms with Crippen molar-refractivity contribution in [3.05, 3.63) is 95.1 Å². The Bertz CT molecular complexity index is 1130. The third kappa shape index (κ3) is 4.44. The van der Waals surface area contributed by atoms with Crippen LogP contribution in [-0.4, -0.2) is 10.9 Å². The predicted molar refractivity (Wildman–Crippen MR) is 126 cm³/mol. The van der Waals surface area contributed by atoms with Gasteiger partial charge in [-0.25, -0.2) is 4.98 Å². The molecule has 1 amide bonds. The summed E-state index contributed by atoms with van der Waals surface area (Å²) in [5.41, 5.74) is 5.65. The lowest BCUT2D eigenvalue weighted by molar-refractivity contribution is -0.118. The zero-order valence-electron chi connectivity index (χ0n) is 17.5. The summed E-state index contributed by atoms with van der Waals surface area (Å²) in [5.74, 6) is 0.0696. The van der Waals surface area contributed by atoms with Crippen LogP contribution in [0.5, 0.6) is 0 Å². The second kappa shape index (κ2) is 9.23. The Kier molecular flexibility index (Phi) is 6.24. The van der Waals surface area contributed by atoms with Crippen molar-refractivity contribution in [1.29, 1.82) is 0 Å². The van der Waals surface area contributed by atoms with E-state index in [1.54, 1.807) is 11.3 Å². The van der Waals surface area contributed by atoms with E-state index in [0.717, 1.165) is 39.3 Å². The molecule has 0 saturated carbocycles. The van der Waals surface area contributed by atoms with E-state index in [4.69, 9.17) is 4.98 Å². The summed E-state index contributed by atoms with van der Waals surface area (Å²) in [7, 11) is 0. The Morgan fingerprint density at radius 2 is 1.57 bits per heavy atom. The zero-order valence-corrected chi connectivity index (χ0v) is 18.3. The van der Waals surface area contributed by atoms with E-state index < -0.39 is 0 Å². The maximum atomic E-state index is 13.4. The van der Waals surface area contributed by atoms with Crippen molar-refractivity contribution in [2.75, 3.05) is 4.90 Å². The molecule has 0 radical (unpaired) electrons. The van der Waals surface area contributed by atoms with Crippen molar-refractivity contribution in [3.8, 4) is 0 Å². The maximum absolute atomic E-state index is 13.4. The first-order chi connectivity index (χ1) is 14.7. The van der Waals surface area contributed by atoms with Crippen molar-refractivity contribution < 1.29 is 4.79 Å². The largest absolute Gasteiger partial charge is 0.283 e. The number of rotatable bonds is 7. The zero-order chi connectivity index (χ0) is 20.9. The molecule has 0 bridgehead atoms. The van der Waals surface area contributed by atoms with E-state index in [0.29, 0.717) is 13.0 Å². The van der Waals surface area contributed by atoms with Crippen molar-refractivity contribution in [2.45, 2.75) is 39.7 Å². The SMILES string of the molecule is CCc1ccc(CC(=O)N(Cc2ccccc2)c2nc3c(CC)cccc3s2)cc1. The van der Waals surface area contributed by atoms with Gasteiger partial charge < -0.3 is 0 Å². The fourth-order valence-electron chi connectivity index (χ4n) is 3.59. The Morgan fingerprint density at radius 3 is 2.27 bits per heavy atom. The highest BCUT2D eigenvalue weighted by Gasteiger charge is 2.21. The Hall–Kier alpha value is -2.98. The first kappa shape index (κ1) is 20.3. The molecule has 3 aromatic carbocycles. The van der Waals surface area contributed by atoms with Crippen LogP contribution in [-0.2, 0) is 30.6 Å². The lowest BCUT2D eigenvalue weighted by Crippen LogP contribution is -2.31. The van der Waals surface area contributed by atoms with Gasteiger partial charge in [0.25, 0.3) is 0 Å². The van der Waals surface area contributed by atoms with Gasteiger partial charge in [0, 0.05) is 0 Å². The molecule has 0 fully saturated rings. The van der Waals surface area contributed by atoms with Gasteiger partial charge in [0.05, 0.1) is 23.2 Å². The summed E-state index contributed by atoms with van der Waals surface area (Å²) < 4.78 is 1.13. The van der Waals surface area contributed by atoms with Gasteiger partial charge in [0.15, 0.2) is 5.13 Å². The van der Waals surface area contributed by atoms with Crippen LogP contribution >= 0.6 is 11.3 Å². The number of thiazole rings is 1. The molecule has 4 aromatic rings. The van der Waals surface area contributed by atoms with Crippen LogP contribution in [0.2, 0.25) is 0 Å². The Labute approximate surface area is 182 Å². The quantitative estimate of drug-likeness (QED) is 0.361. The first-order valence-electron chi connectivity index (χ1n) is 10.5. The third-order valence-electron chi connectivity index (χ3n) is 5.37. The summed E-state index contributed by atoms with van der Waals surface area (Å²) in [5, 5.41) is 0.768. The van der Waals surface area contributed by atoms with E-state index in [1.165, 1.54) is 11.1 Å². The second-order valence-corrected chi connectivity index (χ2v) is 8.44. The van der Waals surface area contributed by atoms with Crippen LogP contribution in [0.3, 0.4) is 0 Å². The molecule has 0 unspecified atom stereocenters. The standard InChI is InChI=1S/C26H26N2OS/c1-3-19-13-15-20(16-14-19)17-24(29)28(18-21-9-6-5-7-10-21)26-27-25-22(4-2)11-8-12-23(25)30-26/h5-16H,3-4,17-18H2,1-2H3. The van der Waals surface area contributed by atoms with Gasteiger partial charge in [-0.15, -0.1) is 0 Å². The molecule has 4 rings (SSSR count). The number of hydrogen-bond acceptors (Lipinski definition) is 3. The predicted octanol–water partition coefficient (Wildman–Crippen LogP) is 6.20. The summed E-state index contributed by atoms with van der Waals surface area (Å²) in [6, 6.07) is 24.7. The number of carbonyl (C=O) groups is 1. The molecule has 0 atom stereocenters. The monoisotopic (exact) mass is 414 g/mol. The van der Waals surface area contributed by atoms with Crippen LogP contribution in [0.25, 0.3) is 10.2 Å². The summed E-state index contributed by atoms with van der Waals surface area (Å²) in [6.45, 7) is 4.80. The van der Waals surface area contributed by atoms with Gasteiger partial charge >= 0.3 is 0 Å². The molecule has 0 spiro atoms. The van der Waals surface area contributed by atoms with Gasteiger partial charge in [-0.3, -0.25) is 9.69 Å². The minimum absolute atomic E-state index is 0.0696. The normalized spacial score (nSPS) is 11.0. The maximum Gasteiger partial charge on any atom is 0.233 e. The number of fused-ring (bicyclic) bond motifs is 1. The molecule has 0 aliphatic heterocycles. The molecule has 0 aliphatic rings. The highest BCUT2D eigenvalue weighted by molar-refractivity contribution is 7.22. The van der Waals surface area contributed by atoms with E-state index >= 15 is 0 Å². The number of benzene rings is 3. The second-order valence-electron chi connectivity index (χ2n) is 7.43. The van der Waals surface area contributed by atoms with Gasteiger partial charge in [0.1, 0.15) is 0 Å². The van der Waals surface area contributed by atoms with E-state index in [-0.39, 0.29) is 5.91 Å². The molecule has 30 heavy (non-hydrogen) atoms. The van der Waals surface area contributed by atoms with Crippen molar-refractivity contribution >= 4 is 32.6 Å². The van der Waals surface area contributed by atoms with Crippen molar-refractivity contribution in [3.63, 3.8) is 0 Å². The summed E-state index contributed by atoms with van der Waals surface area (Å²) in [6.07, 6.45) is 2.30. The topological polar surface area (TPSA) is 33.2 Å². The van der Waals surface area contributed by atoms with Crippen molar-refractivity contribution in [1.82, 2.24) is 4.98 Å². The number of para-hydroxylation sites is 1. The number of aryl methyl sites for hydroxylation is 2. The van der Waals surface area contributed by atoms with Crippen LogP contribution in [0, 0.1) is 0 Å². The fourth-order valence-corrected chi connectivity index (χ4v) is 4.62. The van der Waals surface area contributed by atoms with E-state index in [9.17, 15) is 4.79 Å². The van der Waals surface area contributed by atoms with E-state index in [1.807, 2.05) is 23.1 Å². The van der Waals surface area contributed by atoms with Gasteiger partial charge in [-0.05, 0) is 41.2 Å². The fraction of sp³-hybridized carbons (Fsp3) is 0.231. The van der Waals surface area contributed by atoms with Gasteiger partial charge in [0.2, 0.25) is 5.91 Å². The minimum Gasteiger partial charge on any atom is -0.283 e. The first-order valence-corrected chi connectivity index (χ1v) is 11.3. The molecule has 0 aliphatic carbocycles. The number of aromatic nitrogens is 1. The van der Waals surface area contributed by atoms with Crippen LogP contribution in [0.1, 0.15) is 36.1 Å². The molecule has 1 heterocycles. The molecule has 0 N–H and O–H groups in total. The lowest BCUT2D eigenvalue weighted by atomic mass is 10.1. The van der Waals surface area contributed by atoms with E-state index in [2.05, 4.69) is 68.4 Å². The van der Waals surface area contributed by atoms with Crippen LogP contribution in [0.15, 0.2) is 72.8 Å². The number of anilines is 1. The molecule has 3 nitrogen and oxygen atoms in total. The highest BCUT2D eigenvalue weighted by atomic mass is 32.1. The number of hydrogen-bond donors (Lipinski definition) is 0. The summed E-state index contributed by atoms with van der Waals surface area (Å²) >= 11 is 1.59. The Balaban J connectivity index is 1.67. The van der Waals surface area contributed by atoms with Crippen molar-refractivity contribution in [2.24, 2.45) is 0 Å². The third-order valence-corrected chi connectivity index (χ3v) is 6.42. The molecule has 152 valence electrons. The average Bonchev–Trinajstić information content (AvgIpc) is 3.22. The molecule has 0 saturated heterocycles. The highest BCUT2D eigenvalue weighted by Crippen LogP contribution is 2.32. The molecule has 4 heteroatoms. The number of amides is 1. The number of carbonyl (C=O) groups excluding carboxylic acids is 1. The molecular weight excluding hydrogens is 388 g/mol. The molecule has 1 aromatic heterocycles. The lowest BCUT2D eigenvalue weighted by Gasteiger charge is -2.20. The smallest absolute Gasteiger partial charge is 0.233 e. The molecular formula is C26H26N2OS. The Morgan fingerprint density at radius 1 is 0.833 bits per heavy atom. The van der Waals surface area contributed by atoms with Gasteiger partial charge in [-0.1, -0.05) is 91.9 Å².